The van der Waals surface area contributed by atoms with Crippen molar-refractivity contribution >= 4 is 17.6 Å². The highest BCUT2D eigenvalue weighted by Gasteiger charge is 2.14. The lowest BCUT2D eigenvalue weighted by Gasteiger charge is -2.08. The Labute approximate surface area is 105 Å². The van der Waals surface area contributed by atoms with Crippen LogP contribution in [0.4, 0.5) is 5.69 Å². The number of carbonyl (C=O) groups excluding carboxylic acids is 1. The Balaban J connectivity index is 1.95. The van der Waals surface area contributed by atoms with Crippen LogP contribution in [0.15, 0.2) is 30.5 Å². The molecular weight excluding hydrogens is 232 g/mol. The third kappa shape index (κ3) is 3.16. The third-order valence-corrected chi connectivity index (χ3v) is 2.82. The number of anilines is 1. The van der Waals surface area contributed by atoms with Gasteiger partial charge in [-0.1, -0.05) is 12.2 Å². The number of hydrogen-bond donors (Lipinski definition) is 2. The molecule has 0 fully saturated rings. The second kappa shape index (κ2) is 5.44. The van der Waals surface area contributed by atoms with E-state index < -0.39 is 5.97 Å². The quantitative estimate of drug-likeness (QED) is 0.797. The number of rotatable bonds is 4. The number of amides is 1. The molecule has 1 aromatic heterocycles. The molecule has 0 radical (unpaired) electrons. The number of hydrogen-bond acceptors (Lipinski definition) is 3. The van der Waals surface area contributed by atoms with Gasteiger partial charge in [-0.3, -0.25) is 4.79 Å². The molecule has 0 saturated carbocycles. The topological polar surface area (TPSA) is 79.3 Å². The summed E-state index contributed by atoms with van der Waals surface area (Å²) in [5.41, 5.74) is 0.392. The van der Waals surface area contributed by atoms with Crippen molar-refractivity contribution in [3.63, 3.8) is 0 Å². The molecule has 1 aliphatic carbocycles. The highest BCUT2D eigenvalue weighted by Crippen LogP contribution is 2.21. The Morgan fingerprint density at radius 3 is 3.00 bits per heavy atom. The minimum atomic E-state index is -1.11. The number of aromatic nitrogens is 1. The van der Waals surface area contributed by atoms with Crippen molar-refractivity contribution in [2.75, 3.05) is 5.32 Å². The lowest BCUT2D eigenvalue weighted by atomic mass is 10.1. The molecule has 1 amide bonds. The third-order valence-electron chi connectivity index (χ3n) is 2.82. The van der Waals surface area contributed by atoms with Crippen LogP contribution < -0.4 is 5.32 Å². The van der Waals surface area contributed by atoms with Gasteiger partial charge in [0.25, 0.3) is 0 Å². The largest absolute Gasteiger partial charge is 0.477 e. The molecule has 1 unspecified atom stereocenters. The first-order valence-corrected chi connectivity index (χ1v) is 5.81. The van der Waals surface area contributed by atoms with E-state index in [-0.39, 0.29) is 11.6 Å². The standard InChI is InChI=1S/C13H14N2O3/c16-12(7-9-3-1-2-4-9)15-10-5-6-14-11(8-10)13(17)18/h1,3,5-6,8-9H,2,4,7H2,(H,17,18)(H,14,15,16). The monoisotopic (exact) mass is 246 g/mol. The fourth-order valence-corrected chi connectivity index (χ4v) is 1.94. The Kier molecular flexibility index (Phi) is 3.72. The summed E-state index contributed by atoms with van der Waals surface area (Å²) < 4.78 is 0. The molecule has 5 nitrogen and oxygen atoms in total. The van der Waals surface area contributed by atoms with E-state index in [1.165, 1.54) is 12.3 Å². The van der Waals surface area contributed by atoms with E-state index in [4.69, 9.17) is 5.11 Å². The van der Waals surface area contributed by atoms with Crippen LogP contribution in [0.1, 0.15) is 29.8 Å². The van der Waals surface area contributed by atoms with Gasteiger partial charge in [0.2, 0.25) is 5.91 Å². The van der Waals surface area contributed by atoms with Crippen LogP contribution in [0.2, 0.25) is 0 Å². The Morgan fingerprint density at radius 2 is 2.33 bits per heavy atom. The molecule has 94 valence electrons. The predicted molar refractivity (Wildman–Crippen MR) is 66.3 cm³/mol. The molecule has 1 heterocycles. The summed E-state index contributed by atoms with van der Waals surface area (Å²) in [6.45, 7) is 0. The van der Waals surface area contributed by atoms with E-state index in [0.29, 0.717) is 18.0 Å². The second-order valence-corrected chi connectivity index (χ2v) is 4.25. The molecule has 1 aliphatic rings. The Hall–Kier alpha value is -2.17. The molecule has 0 aromatic carbocycles. The molecule has 0 saturated heterocycles. The SMILES string of the molecule is O=C(CC1C=CCC1)Nc1ccnc(C(=O)O)c1. The summed E-state index contributed by atoms with van der Waals surface area (Å²) in [4.78, 5) is 26.2. The van der Waals surface area contributed by atoms with Crippen molar-refractivity contribution in [3.05, 3.63) is 36.2 Å². The molecule has 18 heavy (non-hydrogen) atoms. The zero-order valence-corrected chi connectivity index (χ0v) is 9.80. The van der Waals surface area contributed by atoms with Crippen molar-refractivity contribution in [1.82, 2.24) is 4.98 Å². The van der Waals surface area contributed by atoms with Crippen molar-refractivity contribution in [2.24, 2.45) is 5.92 Å². The van der Waals surface area contributed by atoms with Gasteiger partial charge >= 0.3 is 5.97 Å². The first kappa shape index (κ1) is 12.3. The van der Waals surface area contributed by atoms with Crippen molar-refractivity contribution in [1.29, 1.82) is 0 Å². The average molecular weight is 246 g/mol. The minimum absolute atomic E-state index is 0.0754. The molecule has 0 bridgehead atoms. The van der Waals surface area contributed by atoms with Gasteiger partial charge in [0, 0.05) is 18.3 Å². The molecule has 2 N–H and O–H groups in total. The molecule has 2 rings (SSSR count). The van der Waals surface area contributed by atoms with Gasteiger partial charge in [0.15, 0.2) is 0 Å². The van der Waals surface area contributed by atoms with E-state index in [1.54, 1.807) is 6.07 Å². The predicted octanol–water partition coefficient (Wildman–Crippen LogP) is 2.07. The van der Waals surface area contributed by atoms with E-state index in [1.807, 2.05) is 0 Å². The van der Waals surface area contributed by atoms with Crippen molar-refractivity contribution < 1.29 is 14.7 Å². The maximum absolute atomic E-state index is 11.7. The number of pyridine rings is 1. The first-order chi connectivity index (χ1) is 8.65. The number of aromatic carboxylic acids is 1. The van der Waals surface area contributed by atoms with Crippen LogP contribution >= 0.6 is 0 Å². The lowest BCUT2D eigenvalue weighted by Crippen LogP contribution is -2.15. The van der Waals surface area contributed by atoms with Crippen LogP contribution in [0, 0.1) is 5.92 Å². The van der Waals surface area contributed by atoms with Crippen LogP contribution in [0.25, 0.3) is 0 Å². The smallest absolute Gasteiger partial charge is 0.354 e. The van der Waals surface area contributed by atoms with E-state index in [9.17, 15) is 9.59 Å². The summed E-state index contributed by atoms with van der Waals surface area (Å²) in [5.74, 6) is -0.912. The summed E-state index contributed by atoms with van der Waals surface area (Å²) in [6, 6.07) is 2.93. The van der Waals surface area contributed by atoms with E-state index in [2.05, 4.69) is 22.5 Å². The highest BCUT2D eigenvalue weighted by molar-refractivity contribution is 5.93. The van der Waals surface area contributed by atoms with Gasteiger partial charge in [-0.05, 0) is 30.9 Å². The summed E-state index contributed by atoms with van der Waals surface area (Å²) in [7, 11) is 0. The maximum Gasteiger partial charge on any atom is 0.354 e. The molecule has 0 aliphatic heterocycles. The minimum Gasteiger partial charge on any atom is -0.477 e. The van der Waals surface area contributed by atoms with Crippen LogP contribution in [0.3, 0.4) is 0 Å². The maximum atomic E-state index is 11.7. The van der Waals surface area contributed by atoms with Crippen molar-refractivity contribution in [3.8, 4) is 0 Å². The summed E-state index contributed by atoms with van der Waals surface area (Å²) in [6.07, 6.45) is 7.96. The highest BCUT2D eigenvalue weighted by atomic mass is 16.4. The van der Waals surface area contributed by atoms with Gasteiger partial charge in [0.05, 0.1) is 0 Å². The summed E-state index contributed by atoms with van der Waals surface area (Å²) in [5, 5.41) is 11.5. The summed E-state index contributed by atoms with van der Waals surface area (Å²) >= 11 is 0. The van der Waals surface area contributed by atoms with Gasteiger partial charge in [-0.2, -0.15) is 0 Å². The van der Waals surface area contributed by atoms with Gasteiger partial charge in [0.1, 0.15) is 5.69 Å². The van der Waals surface area contributed by atoms with Crippen molar-refractivity contribution in [2.45, 2.75) is 19.3 Å². The van der Waals surface area contributed by atoms with Crippen LogP contribution in [-0.4, -0.2) is 22.0 Å². The van der Waals surface area contributed by atoms with E-state index in [0.717, 1.165) is 12.8 Å². The van der Waals surface area contributed by atoms with E-state index >= 15 is 0 Å². The Morgan fingerprint density at radius 1 is 1.50 bits per heavy atom. The molecule has 1 aromatic rings. The van der Waals surface area contributed by atoms with Crippen LogP contribution in [-0.2, 0) is 4.79 Å². The van der Waals surface area contributed by atoms with Gasteiger partial charge in [-0.25, -0.2) is 9.78 Å². The van der Waals surface area contributed by atoms with Gasteiger partial charge < -0.3 is 10.4 Å². The lowest BCUT2D eigenvalue weighted by molar-refractivity contribution is -0.116. The zero-order chi connectivity index (χ0) is 13.0. The van der Waals surface area contributed by atoms with Crippen LogP contribution in [0.5, 0.6) is 0 Å². The normalized spacial score (nSPS) is 17.7. The number of nitrogens with one attached hydrogen (secondary N) is 1. The fraction of sp³-hybridized carbons (Fsp3) is 0.308. The Bertz CT molecular complexity index is 497. The molecule has 0 spiro atoms. The fourth-order valence-electron chi connectivity index (χ4n) is 1.94. The molecule has 5 heteroatoms. The molecular formula is C13H14N2O3. The zero-order valence-electron chi connectivity index (χ0n) is 9.80. The van der Waals surface area contributed by atoms with Gasteiger partial charge in [-0.15, -0.1) is 0 Å². The number of carboxylic acid groups (broad SMARTS) is 1. The molecule has 1 atom stereocenters. The second-order valence-electron chi connectivity index (χ2n) is 4.25. The number of carbonyl (C=O) groups is 2. The average Bonchev–Trinajstić information content (AvgIpc) is 2.82. The first-order valence-electron chi connectivity index (χ1n) is 5.81. The number of allylic oxidation sites excluding steroid dienone is 2. The number of nitrogens with zero attached hydrogens (tertiary/aromatic N) is 1. The number of carboxylic acids is 1.